The molecule has 0 aliphatic heterocycles. The SMILES string of the molecule is CC(=N)C(C(=O)Nc1ccccc1)C(=O)Nc1ccccc1.[HH]. The molecule has 0 spiro atoms. The van der Waals surface area contributed by atoms with E-state index in [-0.39, 0.29) is 7.14 Å². The van der Waals surface area contributed by atoms with Crippen molar-refractivity contribution in [2.75, 3.05) is 10.6 Å². The number of carbonyl (C=O) groups is 2. The van der Waals surface area contributed by atoms with Gasteiger partial charge >= 0.3 is 0 Å². The average Bonchev–Trinajstić information content (AvgIpc) is 2.48. The van der Waals surface area contributed by atoms with Gasteiger partial charge in [-0.15, -0.1) is 0 Å². The molecule has 0 saturated heterocycles. The van der Waals surface area contributed by atoms with E-state index >= 15 is 0 Å². The van der Waals surface area contributed by atoms with Gasteiger partial charge in [0.1, 0.15) is 0 Å². The Labute approximate surface area is 130 Å². The van der Waals surface area contributed by atoms with Gasteiger partial charge in [-0.1, -0.05) is 36.4 Å². The summed E-state index contributed by atoms with van der Waals surface area (Å²) in [5.41, 5.74) is 1.17. The van der Waals surface area contributed by atoms with E-state index in [1.165, 1.54) is 6.92 Å². The Kier molecular flexibility index (Phi) is 5.03. The topological polar surface area (TPSA) is 82.1 Å². The monoisotopic (exact) mass is 297 g/mol. The first-order valence-electron chi connectivity index (χ1n) is 6.85. The Morgan fingerprint density at radius 1 is 0.864 bits per heavy atom. The minimum atomic E-state index is -1.17. The van der Waals surface area contributed by atoms with Crippen LogP contribution in [0.5, 0.6) is 0 Å². The van der Waals surface area contributed by atoms with E-state index in [9.17, 15) is 9.59 Å². The van der Waals surface area contributed by atoms with E-state index in [1.54, 1.807) is 48.5 Å². The fourth-order valence-electron chi connectivity index (χ4n) is 1.98. The molecule has 0 radical (unpaired) electrons. The number of anilines is 2. The Morgan fingerprint density at radius 3 is 1.55 bits per heavy atom. The molecule has 0 atom stereocenters. The van der Waals surface area contributed by atoms with Crippen LogP contribution in [0.4, 0.5) is 11.4 Å². The lowest BCUT2D eigenvalue weighted by atomic mass is 10.0. The number of rotatable bonds is 5. The molecule has 5 heteroatoms. The van der Waals surface area contributed by atoms with E-state index in [1.807, 2.05) is 12.1 Å². The minimum absolute atomic E-state index is 0. The highest BCUT2D eigenvalue weighted by Crippen LogP contribution is 2.12. The number of carbonyl (C=O) groups excluding carboxylic acids is 2. The molecule has 2 rings (SSSR count). The summed E-state index contributed by atoms with van der Waals surface area (Å²) in [4.78, 5) is 24.5. The van der Waals surface area contributed by atoms with Gasteiger partial charge in [0.05, 0.1) is 0 Å². The molecule has 5 nitrogen and oxygen atoms in total. The third kappa shape index (κ3) is 4.02. The maximum Gasteiger partial charge on any atom is 0.242 e. The highest BCUT2D eigenvalue weighted by molar-refractivity contribution is 6.24. The second kappa shape index (κ2) is 7.17. The third-order valence-corrected chi connectivity index (χ3v) is 3.04. The number of amides is 2. The van der Waals surface area contributed by atoms with Crippen LogP contribution in [0.15, 0.2) is 60.7 Å². The van der Waals surface area contributed by atoms with Gasteiger partial charge in [0.15, 0.2) is 5.92 Å². The zero-order valence-electron chi connectivity index (χ0n) is 12.2. The first-order valence-corrected chi connectivity index (χ1v) is 6.85. The van der Waals surface area contributed by atoms with E-state index in [0.29, 0.717) is 11.4 Å². The molecule has 0 unspecified atom stereocenters. The Morgan fingerprint density at radius 2 is 1.23 bits per heavy atom. The molecular formula is C17H19N3O2. The lowest BCUT2D eigenvalue weighted by Gasteiger charge is -2.15. The van der Waals surface area contributed by atoms with Crippen molar-refractivity contribution in [3.8, 4) is 0 Å². The summed E-state index contributed by atoms with van der Waals surface area (Å²) in [6, 6.07) is 17.7. The molecule has 0 aromatic heterocycles. The summed E-state index contributed by atoms with van der Waals surface area (Å²) >= 11 is 0. The normalized spacial score (nSPS) is 10.1. The summed E-state index contributed by atoms with van der Waals surface area (Å²) in [6.07, 6.45) is 0. The highest BCUT2D eigenvalue weighted by atomic mass is 16.2. The van der Waals surface area contributed by atoms with Crippen molar-refractivity contribution >= 4 is 28.9 Å². The Hall–Kier alpha value is -2.95. The number of benzene rings is 2. The Bertz CT molecular complexity index is 621. The summed E-state index contributed by atoms with van der Waals surface area (Å²) in [7, 11) is 0. The molecule has 22 heavy (non-hydrogen) atoms. The molecule has 0 aliphatic rings. The summed E-state index contributed by atoms with van der Waals surface area (Å²) in [6.45, 7) is 1.44. The number of hydrogen-bond acceptors (Lipinski definition) is 3. The van der Waals surface area contributed by atoms with E-state index in [4.69, 9.17) is 5.41 Å². The molecule has 3 N–H and O–H groups in total. The number of nitrogens with one attached hydrogen (secondary N) is 3. The third-order valence-electron chi connectivity index (χ3n) is 3.04. The molecule has 0 saturated carbocycles. The average molecular weight is 297 g/mol. The van der Waals surface area contributed by atoms with Crippen LogP contribution in [0, 0.1) is 11.3 Å². The molecule has 0 fully saturated rings. The zero-order chi connectivity index (χ0) is 15.9. The first kappa shape index (κ1) is 15.4. The van der Waals surface area contributed by atoms with Crippen LogP contribution in [-0.4, -0.2) is 17.5 Å². The van der Waals surface area contributed by atoms with Crippen LogP contribution in [0.2, 0.25) is 0 Å². The summed E-state index contributed by atoms with van der Waals surface area (Å²) in [5.74, 6) is -2.21. The van der Waals surface area contributed by atoms with Crippen LogP contribution in [0.3, 0.4) is 0 Å². The smallest absolute Gasteiger partial charge is 0.242 e. The lowest BCUT2D eigenvalue weighted by Crippen LogP contribution is -2.38. The van der Waals surface area contributed by atoms with Crippen LogP contribution in [0.25, 0.3) is 0 Å². The summed E-state index contributed by atoms with van der Waals surface area (Å²) in [5, 5.41) is 13.0. The van der Waals surface area contributed by atoms with Gasteiger partial charge in [0.25, 0.3) is 0 Å². The largest absolute Gasteiger partial charge is 0.325 e. The number of para-hydroxylation sites is 2. The molecule has 0 heterocycles. The van der Waals surface area contributed by atoms with Crippen LogP contribution in [-0.2, 0) is 9.59 Å². The van der Waals surface area contributed by atoms with Crippen molar-refractivity contribution in [3.63, 3.8) is 0 Å². The van der Waals surface area contributed by atoms with E-state index in [2.05, 4.69) is 10.6 Å². The van der Waals surface area contributed by atoms with E-state index < -0.39 is 17.7 Å². The van der Waals surface area contributed by atoms with Gasteiger partial charge in [0.2, 0.25) is 11.8 Å². The van der Waals surface area contributed by atoms with Gasteiger partial charge in [0, 0.05) is 18.5 Å². The predicted octanol–water partition coefficient (Wildman–Crippen LogP) is 3.17. The fraction of sp³-hybridized carbons (Fsp3) is 0.118. The van der Waals surface area contributed by atoms with Crippen molar-refractivity contribution < 1.29 is 11.0 Å². The predicted molar refractivity (Wildman–Crippen MR) is 89.1 cm³/mol. The van der Waals surface area contributed by atoms with Crippen LogP contribution in [0.1, 0.15) is 8.35 Å². The lowest BCUT2D eigenvalue weighted by molar-refractivity contribution is -0.126. The van der Waals surface area contributed by atoms with Gasteiger partial charge in [-0.2, -0.15) is 0 Å². The molecule has 0 aliphatic carbocycles. The quantitative estimate of drug-likeness (QED) is 0.585. The molecule has 114 valence electrons. The van der Waals surface area contributed by atoms with Crippen LogP contribution < -0.4 is 10.6 Å². The van der Waals surface area contributed by atoms with Gasteiger partial charge in [-0.3, -0.25) is 9.59 Å². The fourth-order valence-corrected chi connectivity index (χ4v) is 1.98. The second-order valence-electron chi connectivity index (χ2n) is 4.83. The van der Waals surface area contributed by atoms with Gasteiger partial charge in [-0.25, -0.2) is 0 Å². The first-order chi connectivity index (χ1) is 10.6. The molecule has 2 aromatic carbocycles. The Balaban J connectivity index is 0.00000264. The standard InChI is InChI=1S/C17H17N3O2.H2/c1-12(18)15(16(21)19-13-8-4-2-5-9-13)17(22)20-14-10-6-3-7-11-14;/h2-11,15,18H,1H3,(H,19,21)(H,20,22);1H. The highest BCUT2D eigenvalue weighted by Gasteiger charge is 2.29. The van der Waals surface area contributed by atoms with Gasteiger partial charge in [-0.05, 0) is 31.2 Å². The van der Waals surface area contributed by atoms with Crippen molar-refractivity contribution in [2.24, 2.45) is 5.92 Å². The van der Waals surface area contributed by atoms with Crippen molar-refractivity contribution in [1.82, 2.24) is 0 Å². The summed E-state index contributed by atoms with van der Waals surface area (Å²) < 4.78 is 0. The molecular weight excluding hydrogens is 278 g/mol. The van der Waals surface area contributed by atoms with E-state index in [0.717, 1.165) is 0 Å². The second-order valence-corrected chi connectivity index (χ2v) is 4.83. The van der Waals surface area contributed by atoms with Crippen LogP contribution >= 0.6 is 0 Å². The van der Waals surface area contributed by atoms with Crippen molar-refractivity contribution in [2.45, 2.75) is 6.92 Å². The zero-order valence-corrected chi connectivity index (χ0v) is 12.2. The number of hydrogen-bond donors (Lipinski definition) is 3. The van der Waals surface area contributed by atoms with Crippen molar-refractivity contribution in [1.29, 1.82) is 5.41 Å². The maximum atomic E-state index is 12.3. The minimum Gasteiger partial charge on any atom is -0.325 e. The van der Waals surface area contributed by atoms with Crippen molar-refractivity contribution in [3.05, 3.63) is 60.7 Å². The molecule has 0 bridgehead atoms. The maximum absolute atomic E-state index is 12.3. The molecule has 2 amide bonds. The molecule has 2 aromatic rings. The van der Waals surface area contributed by atoms with Gasteiger partial charge < -0.3 is 16.0 Å².